The predicted octanol–water partition coefficient (Wildman–Crippen LogP) is -5.15. The number of aromatic nitrogens is 4. The minimum atomic E-state index is -1.59. The molecule has 0 aliphatic heterocycles. The Bertz CT molecular complexity index is 803. The Balaban J connectivity index is 0.000000403. The smallest absolute Gasteiger partial charge is 0.543 e. The molecule has 2 aromatic rings. The van der Waals surface area contributed by atoms with Gasteiger partial charge in [0.05, 0.1) is 23.3 Å². The zero-order valence-electron chi connectivity index (χ0n) is 10.7. The first-order valence-corrected chi connectivity index (χ1v) is 5.29. The fourth-order valence-electron chi connectivity index (χ4n) is 1.16. The van der Waals surface area contributed by atoms with Gasteiger partial charge in [0.15, 0.2) is 0 Å². The van der Waals surface area contributed by atoms with Crippen LogP contribution in [0.2, 0.25) is 0 Å². The van der Waals surface area contributed by atoms with Gasteiger partial charge in [-0.25, -0.2) is 9.59 Å². The normalized spacial score (nSPS) is 9.04. The zero-order valence-corrected chi connectivity index (χ0v) is 11.7. The van der Waals surface area contributed by atoms with Gasteiger partial charge in [-0.3, -0.25) is 19.6 Å². The molecule has 2 heterocycles. The van der Waals surface area contributed by atoms with Crippen LogP contribution in [0.25, 0.3) is 0 Å². The van der Waals surface area contributed by atoms with Crippen molar-refractivity contribution in [3.05, 3.63) is 65.2 Å². The summed E-state index contributed by atoms with van der Waals surface area (Å²) in [6.07, 6.45) is 0. The van der Waals surface area contributed by atoms with Crippen molar-refractivity contribution in [1.29, 1.82) is 0 Å². The maximum absolute atomic E-state index is 10.4. The van der Waals surface area contributed by atoms with Gasteiger partial charge in [-0.1, -0.05) is 0 Å². The van der Waals surface area contributed by atoms with E-state index in [-0.39, 0.29) is 17.1 Å². The van der Waals surface area contributed by atoms with Crippen molar-refractivity contribution < 1.29 is 36.9 Å². The molecule has 0 saturated carbocycles. The van der Waals surface area contributed by atoms with Crippen LogP contribution < -0.4 is 32.7 Å². The Labute approximate surface area is 134 Å². The molecule has 0 aliphatic carbocycles. The molecule has 23 heavy (non-hydrogen) atoms. The van der Waals surface area contributed by atoms with Crippen LogP contribution in [0.1, 0.15) is 21.0 Å². The summed E-state index contributed by atoms with van der Waals surface area (Å²) in [6.45, 7) is 0. The summed E-state index contributed by atoms with van der Waals surface area (Å²) in [7, 11) is 0. The van der Waals surface area contributed by atoms with Gasteiger partial charge >= 0.3 is 28.4 Å². The van der Waals surface area contributed by atoms with E-state index in [1.54, 1.807) is 0 Å². The third-order valence-corrected chi connectivity index (χ3v) is 1.96. The Kier molecular flexibility index (Phi) is 7.16. The number of carbonyl (C=O) groups excluding carboxylic acids is 2. The maximum atomic E-state index is 10.4. The average Bonchev–Trinajstić information content (AvgIpc) is 2.37. The molecule has 0 atom stereocenters. The van der Waals surface area contributed by atoms with Crippen molar-refractivity contribution >= 4 is 11.9 Å². The number of hydrogen-bond donors (Lipinski definition) is 4. The van der Waals surface area contributed by atoms with E-state index < -0.39 is 45.8 Å². The summed E-state index contributed by atoms with van der Waals surface area (Å²) >= 11 is 0. The number of carbonyl (C=O) groups is 2. The second-order valence-electron chi connectivity index (χ2n) is 3.58. The number of H-pyrrole nitrogens is 4. The van der Waals surface area contributed by atoms with Gasteiger partial charge in [0.1, 0.15) is 0 Å². The summed E-state index contributed by atoms with van der Waals surface area (Å²) in [4.78, 5) is 69.2. The third kappa shape index (κ3) is 6.41. The molecular weight excluding hydrogens is 368 g/mol. The molecule has 0 spiro atoms. The molecule has 0 fully saturated rings. The molecule has 125 valence electrons. The molecule has 0 unspecified atom stereocenters. The second kappa shape index (κ2) is 8.31. The molecule has 0 saturated heterocycles. The molecule has 13 heteroatoms. The number of carboxylic acids is 2. The van der Waals surface area contributed by atoms with Gasteiger partial charge in [-0.05, 0) is 0 Å². The first-order valence-electron chi connectivity index (χ1n) is 5.29. The standard InChI is InChI=1S/2C5H4N2O4.Cu/c2*8-3-1-2(4(9)10)6-5(11)7-3;/h2*1H,(H,9,10)(H2,6,7,8,11);/q;;+2/p-2. The van der Waals surface area contributed by atoms with Crippen molar-refractivity contribution in [2.45, 2.75) is 0 Å². The maximum Gasteiger partial charge on any atom is 2.00 e. The van der Waals surface area contributed by atoms with E-state index in [0.29, 0.717) is 0 Å². The van der Waals surface area contributed by atoms with Crippen LogP contribution in [-0.4, -0.2) is 31.9 Å². The van der Waals surface area contributed by atoms with Crippen molar-refractivity contribution in [2.75, 3.05) is 0 Å². The molecule has 4 N–H and O–H groups in total. The first kappa shape index (κ1) is 19.8. The van der Waals surface area contributed by atoms with Crippen LogP contribution in [0.3, 0.4) is 0 Å². The Morgan fingerprint density at radius 3 is 1.22 bits per heavy atom. The van der Waals surface area contributed by atoms with Crippen LogP contribution in [0, 0.1) is 0 Å². The van der Waals surface area contributed by atoms with Gasteiger partial charge in [0.25, 0.3) is 11.1 Å². The van der Waals surface area contributed by atoms with Gasteiger partial charge in [-0.15, -0.1) is 0 Å². The number of rotatable bonds is 2. The minimum absolute atomic E-state index is 0. The van der Waals surface area contributed by atoms with E-state index in [0.717, 1.165) is 12.1 Å². The van der Waals surface area contributed by atoms with Crippen molar-refractivity contribution in [3.63, 3.8) is 0 Å². The fraction of sp³-hybridized carbons (Fsp3) is 0. The first-order chi connectivity index (χ1) is 10.2. The largest absolute Gasteiger partial charge is 2.00 e. The van der Waals surface area contributed by atoms with E-state index in [9.17, 15) is 39.0 Å². The third-order valence-electron chi connectivity index (χ3n) is 1.96. The molecule has 12 nitrogen and oxygen atoms in total. The molecule has 0 amide bonds. The summed E-state index contributed by atoms with van der Waals surface area (Å²) in [5.41, 5.74) is -4.33. The van der Waals surface area contributed by atoms with E-state index in [1.165, 1.54) is 0 Å². The van der Waals surface area contributed by atoms with E-state index in [2.05, 4.69) is 0 Å². The van der Waals surface area contributed by atoms with E-state index in [1.807, 2.05) is 19.9 Å². The zero-order chi connectivity index (χ0) is 16.9. The SMILES string of the molecule is O=C([O-])c1cc(=O)[nH]c(=O)[nH]1.O=C([O-])c1cc(=O)[nH]c(=O)[nH]1.[Cu+2]. The Morgan fingerprint density at radius 2 is 1.00 bits per heavy atom. The molecule has 0 aromatic carbocycles. The second-order valence-corrected chi connectivity index (χ2v) is 3.58. The topological polar surface area (TPSA) is 212 Å². The van der Waals surface area contributed by atoms with Gasteiger partial charge in [0.2, 0.25) is 0 Å². The van der Waals surface area contributed by atoms with E-state index in [4.69, 9.17) is 0 Å². The molecular formula is C10H6CuN4O8. The van der Waals surface area contributed by atoms with Crippen molar-refractivity contribution in [1.82, 2.24) is 19.9 Å². The number of aromatic amines is 4. The number of hydrogen-bond acceptors (Lipinski definition) is 8. The number of nitrogens with one attached hydrogen (secondary N) is 4. The van der Waals surface area contributed by atoms with Crippen LogP contribution in [0.4, 0.5) is 0 Å². The van der Waals surface area contributed by atoms with Gasteiger partial charge in [0, 0.05) is 12.1 Å². The van der Waals surface area contributed by atoms with Crippen molar-refractivity contribution in [2.24, 2.45) is 0 Å². The quantitative estimate of drug-likeness (QED) is 0.372. The van der Waals surface area contributed by atoms with Crippen LogP contribution in [0.15, 0.2) is 31.3 Å². The molecule has 0 bridgehead atoms. The van der Waals surface area contributed by atoms with Crippen LogP contribution in [-0.2, 0) is 17.1 Å². The fourth-order valence-corrected chi connectivity index (χ4v) is 1.16. The van der Waals surface area contributed by atoms with Gasteiger partial charge < -0.3 is 29.8 Å². The minimum Gasteiger partial charge on any atom is -0.543 e. The number of carboxylic acid groups (broad SMARTS) is 2. The molecule has 2 aromatic heterocycles. The predicted molar refractivity (Wildman–Crippen MR) is 64.0 cm³/mol. The van der Waals surface area contributed by atoms with Crippen LogP contribution >= 0.6 is 0 Å². The Morgan fingerprint density at radius 1 is 0.696 bits per heavy atom. The monoisotopic (exact) mass is 373 g/mol. The molecule has 0 aliphatic rings. The Hall–Kier alpha value is -3.18. The van der Waals surface area contributed by atoms with E-state index >= 15 is 0 Å². The summed E-state index contributed by atoms with van der Waals surface area (Å²) in [5, 5.41) is 20.1. The van der Waals surface area contributed by atoms with Crippen molar-refractivity contribution in [3.8, 4) is 0 Å². The summed E-state index contributed by atoms with van der Waals surface area (Å²) in [6, 6.07) is 1.47. The number of aromatic carboxylic acids is 2. The average molecular weight is 374 g/mol. The molecule has 1 radical (unpaired) electrons. The summed E-state index contributed by atoms with van der Waals surface area (Å²) < 4.78 is 0. The van der Waals surface area contributed by atoms with Gasteiger partial charge in [-0.2, -0.15) is 0 Å². The molecule has 2 rings (SSSR count). The van der Waals surface area contributed by atoms with Crippen LogP contribution in [0.5, 0.6) is 0 Å². The summed E-state index contributed by atoms with van der Waals surface area (Å²) in [5.74, 6) is -3.18.